The molecule has 0 radical (unpaired) electrons. The summed E-state index contributed by atoms with van der Waals surface area (Å²) in [5, 5.41) is 20.3. The van der Waals surface area contributed by atoms with E-state index >= 15 is 0 Å². The molecule has 0 bridgehead atoms. The van der Waals surface area contributed by atoms with Crippen LogP contribution < -0.4 is 19.1 Å². The van der Waals surface area contributed by atoms with Crippen LogP contribution in [-0.2, 0) is 15.3 Å². The molecule has 1 aromatic heterocycles. The van der Waals surface area contributed by atoms with Crippen LogP contribution in [0.1, 0.15) is 42.5 Å². The van der Waals surface area contributed by atoms with E-state index in [0.29, 0.717) is 45.1 Å². The molecule has 1 aliphatic heterocycles. The summed E-state index contributed by atoms with van der Waals surface area (Å²) >= 11 is 2.70. The molecular weight excluding hydrogens is 587 g/mol. The van der Waals surface area contributed by atoms with Crippen molar-refractivity contribution in [1.82, 2.24) is 10.2 Å². The first-order valence-corrected chi connectivity index (χ1v) is 15.5. The van der Waals surface area contributed by atoms with E-state index in [0.717, 1.165) is 18.4 Å². The van der Waals surface area contributed by atoms with Crippen molar-refractivity contribution in [3.63, 3.8) is 0 Å². The number of rotatable bonds is 12. The van der Waals surface area contributed by atoms with Gasteiger partial charge in [-0.15, -0.1) is 10.2 Å². The Morgan fingerprint density at radius 1 is 0.977 bits per heavy atom. The summed E-state index contributed by atoms with van der Waals surface area (Å²) in [5.41, 5.74) is 1.97. The molecule has 11 heteroatoms. The Balaban J connectivity index is 1.54. The number of hydrogen-bond donors (Lipinski definition) is 1. The summed E-state index contributed by atoms with van der Waals surface area (Å²) in [4.78, 5) is 28.5. The second-order valence-corrected chi connectivity index (χ2v) is 11.8. The fourth-order valence-electron chi connectivity index (χ4n) is 4.64. The van der Waals surface area contributed by atoms with Crippen LogP contribution in [0, 0.1) is 0 Å². The van der Waals surface area contributed by atoms with Gasteiger partial charge < -0.3 is 19.3 Å². The number of methoxy groups -OCH3 is 2. The zero-order valence-electron chi connectivity index (χ0n) is 24.0. The van der Waals surface area contributed by atoms with Gasteiger partial charge in [-0.2, -0.15) is 0 Å². The van der Waals surface area contributed by atoms with Gasteiger partial charge >= 0.3 is 5.91 Å². The molecule has 1 amide bonds. The minimum Gasteiger partial charge on any atom is -0.507 e. The highest BCUT2D eigenvalue weighted by atomic mass is 32.2. The third kappa shape index (κ3) is 6.52. The van der Waals surface area contributed by atoms with Gasteiger partial charge in [0, 0.05) is 11.3 Å². The summed E-state index contributed by atoms with van der Waals surface area (Å²) in [6.07, 6.45) is 1.94. The average Bonchev–Trinajstić information content (AvgIpc) is 3.62. The zero-order chi connectivity index (χ0) is 30.3. The summed E-state index contributed by atoms with van der Waals surface area (Å²) in [6, 6.07) is 20.9. The van der Waals surface area contributed by atoms with Crippen LogP contribution in [0.5, 0.6) is 17.2 Å². The van der Waals surface area contributed by atoms with E-state index in [4.69, 9.17) is 14.2 Å². The fourth-order valence-corrected chi connectivity index (χ4v) is 6.47. The van der Waals surface area contributed by atoms with Gasteiger partial charge in [-0.05, 0) is 53.9 Å². The number of thioether (sulfide) groups is 1. The van der Waals surface area contributed by atoms with Crippen LogP contribution >= 0.6 is 23.1 Å². The molecule has 0 aliphatic carbocycles. The van der Waals surface area contributed by atoms with Crippen LogP contribution in [0.4, 0.5) is 5.13 Å². The number of aliphatic hydroxyl groups is 1. The molecule has 222 valence electrons. The van der Waals surface area contributed by atoms with Crippen molar-refractivity contribution in [3.05, 3.63) is 95.1 Å². The molecule has 1 N–H and O–H groups in total. The molecule has 2 heterocycles. The van der Waals surface area contributed by atoms with E-state index in [1.807, 2.05) is 30.3 Å². The van der Waals surface area contributed by atoms with Gasteiger partial charge in [0.05, 0.1) is 32.4 Å². The molecule has 0 spiro atoms. The molecular formula is C32H31N3O6S2. The Bertz CT molecular complexity index is 1620. The lowest BCUT2D eigenvalue weighted by atomic mass is 9.95. The predicted molar refractivity (Wildman–Crippen MR) is 167 cm³/mol. The van der Waals surface area contributed by atoms with Crippen LogP contribution in [0.2, 0.25) is 0 Å². The Hall–Kier alpha value is -4.35. The number of ketones is 1. The number of Topliss-reactive ketones (excluding diaryl/α,β-unsaturated/α-hetero) is 1. The zero-order valence-corrected chi connectivity index (χ0v) is 25.6. The first-order valence-electron chi connectivity index (χ1n) is 13.7. The van der Waals surface area contributed by atoms with Gasteiger partial charge in [-0.25, -0.2) is 0 Å². The molecule has 5 rings (SSSR count). The number of hydrogen-bond acceptors (Lipinski definition) is 10. The second-order valence-electron chi connectivity index (χ2n) is 9.63. The summed E-state index contributed by atoms with van der Waals surface area (Å²) in [7, 11) is 3.03. The van der Waals surface area contributed by atoms with Crippen molar-refractivity contribution >= 4 is 45.7 Å². The molecule has 9 nitrogen and oxygen atoms in total. The number of carbonyl (C=O) groups is 2. The van der Waals surface area contributed by atoms with E-state index < -0.39 is 17.7 Å². The topological polar surface area (TPSA) is 111 Å². The maximum Gasteiger partial charge on any atom is 0.301 e. The Kier molecular flexibility index (Phi) is 9.63. The number of anilines is 1. The predicted octanol–water partition coefficient (Wildman–Crippen LogP) is 6.65. The van der Waals surface area contributed by atoms with E-state index in [2.05, 4.69) is 17.1 Å². The smallest absolute Gasteiger partial charge is 0.301 e. The lowest BCUT2D eigenvalue weighted by Gasteiger charge is -2.23. The van der Waals surface area contributed by atoms with Crippen molar-refractivity contribution in [2.24, 2.45) is 0 Å². The highest BCUT2D eigenvalue weighted by Crippen LogP contribution is 2.45. The minimum absolute atomic E-state index is 0.0643. The summed E-state index contributed by atoms with van der Waals surface area (Å²) < 4.78 is 17.3. The number of nitrogens with zero attached hydrogens (tertiary/aromatic N) is 3. The van der Waals surface area contributed by atoms with Gasteiger partial charge in [-0.1, -0.05) is 72.8 Å². The van der Waals surface area contributed by atoms with Crippen molar-refractivity contribution in [1.29, 1.82) is 0 Å². The standard InChI is InChI=1S/C32H31N3O6S2/c1-4-5-17-41-23-14-11-21(12-15-23)28(36)26-27(22-13-16-24(39-2)25(18-22)40-3)35(30(38)29(26)37)31-33-34-32(43-31)42-19-20-9-7-6-8-10-20/h6-16,18,27,36H,4-5,17,19H2,1-3H3/t27-/m0/s1. The van der Waals surface area contributed by atoms with Gasteiger partial charge in [0.15, 0.2) is 15.8 Å². The normalized spacial score (nSPS) is 16.0. The first-order chi connectivity index (χ1) is 20.9. The van der Waals surface area contributed by atoms with Crippen LogP contribution in [0.25, 0.3) is 5.76 Å². The van der Waals surface area contributed by atoms with E-state index in [1.54, 1.807) is 42.5 Å². The third-order valence-electron chi connectivity index (χ3n) is 6.87. The highest BCUT2D eigenvalue weighted by Gasteiger charge is 2.48. The van der Waals surface area contributed by atoms with E-state index in [1.165, 1.54) is 42.2 Å². The van der Waals surface area contributed by atoms with Crippen molar-refractivity contribution < 1.29 is 28.9 Å². The summed E-state index contributed by atoms with van der Waals surface area (Å²) in [6.45, 7) is 2.67. The van der Waals surface area contributed by atoms with Gasteiger partial charge in [0.2, 0.25) is 5.13 Å². The summed E-state index contributed by atoms with van der Waals surface area (Å²) in [5.74, 6) is 0.282. The Labute approximate surface area is 258 Å². The molecule has 0 unspecified atom stereocenters. The quantitative estimate of drug-likeness (QED) is 0.0466. The van der Waals surface area contributed by atoms with E-state index in [9.17, 15) is 14.7 Å². The van der Waals surface area contributed by atoms with E-state index in [-0.39, 0.29) is 16.5 Å². The molecule has 1 atom stereocenters. The van der Waals surface area contributed by atoms with Gasteiger partial charge in [-0.3, -0.25) is 14.5 Å². The molecule has 1 saturated heterocycles. The van der Waals surface area contributed by atoms with Crippen molar-refractivity contribution in [3.8, 4) is 17.2 Å². The minimum atomic E-state index is -0.986. The van der Waals surface area contributed by atoms with Gasteiger partial charge in [0.1, 0.15) is 11.5 Å². The Morgan fingerprint density at radius 2 is 1.72 bits per heavy atom. The van der Waals surface area contributed by atoms with Crippen LogP contribution in [0.15, 0.2) is 82.7 Å². The maximum absolute atomic E-state index is 13.6. The number of benzene rings is 3. The highest BCUT2D eigenvalue weighted by molar-refractivity contribution is 8.00. The molecule has 43 heavy (non-hydrogen) atoms. The number of amides is 1. The largest absolute Gasteiger partial charge is 0.507 e. The third-order valence-corrected chi connectivity index (χ3v) is 9.00. The lowest BCUT2D eigenvalue weighted by molar-refractivity contribution is -0.132. The maximum atomic E-state index is 13.6. The molecule has 1 aliphatic rings. The average molecular weight is 618 g/mol. The SMILES string of the molecule is CCCCOc1ccc(C(O)=C2C(=O)C(=O)N(c3nnc(SCc4ccccc4)s3)[C@H]2c2ccc(OC)c(OC)c2)cc1. The first kappa shape index (κ1) is 30.1. The van der Waals surface area contributed by atoms with Crippen molar-refractivity contribution in [2.45, 2.75) is 35.9 Å². The fraction of sp³-hybridized carbons (Fsp3) is 0.250. The number of carbonyl (C=O) groups excluding carboxylic acids is 2. The number of ether oxygens (including phenoxy) is 3. The number of unbranched alkanes of at least 4 members (excludes halogenated alkanes) is 1. The lowest BCUT2D eigenvalue weighted by Crippen LogP contribution is -2.29. The molecule has 4 aromatic rings. The monoisotopic (exact) mass is 617 g/mol. The van der Waals surface area contributed by atoms with Gasteiger partial charge in [0.25, 0.3) is 5.78 Å². The van der Waals surface area contributed by atoms with Crippen LogP contribution in [-0.4, -0.2) is 47.8 Å². The number of aromatic nitrogens is 2. The molecule has 1 fully saturated rings. The second kappa shape index (κ2) is 13.7. The molecule has 3 aromatic carbocycles. The Morgan fingerprint density at radius 3 is 2.42 bits per heavy atom. The number of aliphatic hydroxyl groups excluding tert-OH is 1. The van der Waals surface area contributed by atoms with Crippen LogP contribution in [0.3, 0.4) is 0 Å². The molecule has 0 saturated carbocycles. The van der Waals surface area contributed by atoms with Crippen molar-refractivity contribution in [2.75, 3.05) is 25.7 Å².